The van der Waals surface area contributed by atoms with E-state index in [1.807, 2.05) is 0 Å². The molecule has 3 rings (SSSR count). The van der Waals surface area contributed by atoms with E-state index < -0.39 is 41.4 Å². The highest BCUT2D eigenvalue weighted by Crippen LogP contribution is 2.35. The minimum atomic E-state index is -4.56. The molecule has 1 amide bonds. The largest absolute Gasteiger partial charge is 0.438 e. The molecule has 2 aromatic carbocycles. The molecule has 0 fully saturated rings. The molecule has 0 bridgehead atoms. The molecule has 1 atom stereocenters. The molecular weight excluding hydrogens is 461 g/mol. The topological polar surface area (TPSA) is 73.2 Å². The van der Waals surface area contributed by atoms with Crippen LogP contribution in [0, 0.1) is 0 Å². The maximum absolute atomic E-state index is 13.6. The first-order valence-corrected chi connectivity index (χ1v) is 10.0. The second-order valence-corrected chi connectivity index (χ2v) is 7.49. The molecule has 34 heavy (non-hydrogen) atoms. The number of benzene rings is 2. The third-order valence-corrected chi connectivity index (χ3v) is 5.02. The van der Waals surface area contributed by atoms with Crippen molar-refractivity contribution in [3.8, 4) is 11.6 Å². The molecule has 1 aromatic heterocycles. The summed E-state index contributed by atoms with van der Waals surface area (Å²) >= 11 is 0. The number of carbonyl (C=O) groups excluding carboxylic acids is 2. The molecule has 0 radical (unpaired) electrons. The van der Waals surface area contributed by atoms with Crippen LogP contribution in [0.1, 0.15) is 63.9 Å². The molecule has 6 nitrogen and oxygen atoms in total. The molecule has 180 valence electrons. The summed E-state index contributed by atoms with van der Waals surface area (Å²) in [7, 11) is 1.27. The molecule has 0 spiro atoms. The van der Waals surface area contributed by atoms with Crippen LogP contribution in [0.3, 0.4) is 0 Å². The first kappa shape index (κ1) is 24.9. The normalized spacial score (nSPS) is 12.5. The summed E-state index contributed by atoms with van der Waals surface area (Å²) in [5.41, 5.74) is -1.20. The van der Waals surface area contributed by atoms with Gasteiger partial charge in [-0.25, -0.2) is 13.5 Å². The maximum atomic E-state index is 13.6. The first-order valence-electron chi connectivity index (χ1n) is 10.0. The molecular formula is C23H20F5N3O3. The third kappa shape index (κ3) is 5.41. The predicted molar refractivity (Wildman–Crippen MR) is 112 cm³/mol. The zero-order valence-corrected chi connectivity index (χ0v) is 18.3. The summed E-state index contributed by atoms with van der Waals surface area (Å²) in [5.74, 6) is -1.50. The average molecular weight is 481 g/mol. The van der Waals surface area contributed by atoms with Gasteiger partial charge in [-0.2, -0.15) is 18.3 Å². The van der Waals surface area contributed by atoms with E-state index >= 15 is 0 Å². The number of nitrogens with one attached hydrogen (secondary N) is 1. The monoisotopic (exact) mass is 481 g/mol. The molecule has 1 heterocycles. The first-order chi connectivity index (χ1) is 15.9. The number of nitrogens with zero attached hydrogens (tertiary/aromatic N) is 2. The van der Waals surface area contributed by atoms with Gasteiger partial charge in [-0.3, -0.25) is 9.59 Å². The van der Waals surface area contributed by atoms with E-state index in [1.54, 1.807) is 31.2 Å². The number of hydrogen-bond acceptors (Lipinski definition) is 4. The van der Waals surface area contributed by atoms with Crippen LogP contribution in [-0.4, -0.2) is 21.5 Å². The van der Waals surface area contributed by atoms with Gasteiger partial charge in [-0.15, -0.1) is 0 Å². The lowest BCUT2D eigenvalue weighted by Gasteiger charge is -2.16. The molecule has 3 aromatic rings. The number of rotatable bonds is 7. The van der Waals surface area contributed by atoms with Gasteiger partial charge in [-0.1, -0.05) is 24.3 Å². The summed E-state index contributed by atoms with van der Waals surface area (Å²) < 4.78 is 72.0. The second kappa shape index (κ2) is 9.62. The Morgan fingerprint density at radius 1 is 1.03 bits per heavy atom. The SMILES string of the molecule is CC(=O)c1ccc([C@H](C)NC(=O)c2c(C(F)F)nn(C)c2Oc2ccc(C(F)(F)F)cc2)cc1. The fourth-order valence-corrected chi connectivity index (χ4v) is 3.19. The molecule has 1 N–H and O–H groups in total. The molecule has 0 saturated carbocycles. The summed E-state index contributed by atoms with van der Waals surface area (Å²) in [6.07, 6.45) is -7.67. The Hall–Kier alpha value is -3.76. The molecule has 0 aliphatic rings. The summed E-state index contributed by atoms with van der Waals surface area (Å²) in [5, 5.41) is 6.24. The van der Waals surface area contributed by atoms with Crippen molar-refractivity contribution in [3.63, 3.8) is 0 Å². The Kier molecular flexibility index (Phi) is 7.04. The van der Waals surface area contributed by atoms with Crippen molar-refractivity contribution in [2.75, 3.05) is 0 Å². The van der Waals surface area contributed by atoms with Gasteiger partial charge in [0.15, 0.2) is 5.78 Å². The molecule has 0 unspecified atom stereocenters. The molecule has 0 aliphatic heterocycles. The van der Waals surface area contributed by atoms with Gasteiger partial charge in [0.2, 0.25) is 5.88 Å². The van der Waals surface area contributed by atoms with Crippen molar-refractivity contribution in [1.82, 2.24) is 15.1 Å². The number of carbonyl (C=O) groups is 2. The van der Waals surface area contributed by atoms with Crippen molar-refractivity contribution in [2.24, 2.45) is 7.05 Å². The average Bonchev–Trinajstić information content (AvgIpc) is 3.10. The Balaban J connectivity index is 1.89. The molecule has 11 heteroatoms. The van der Waals surface area contributed by atoms with Crippen molar-refractivity contribution in [3.05, 3.63) is 76.5 Å². The van der Waals surface area contributed by atoms with Gasteiger partial charge in [0, 0.05) is 12.6 Å². The van der Waals surface area contributed by atoms with Gasteiger partial charge >= 0.3 is 6.18 Å². The van der Waals surface area contributed by atoms with Gasteiger partial charge in [0.05, 0.1) is 11.6 Å². The van der Waals surface area contributed by atoms with E-state index in [9.17, 15) is 31.5 Å². The van der Waals surface area contributed by atoms with Crippen LogP contribution in [-0.2, 0) is 13.2 Å². The van der Waals surface area contributed by atoms with E-state index in [-0.39, 0.29) is 17.4 Å². The smallest absolute Gasteiger partial charge is 0.416 e. The number of amides is 1. The minimum absolute atomic E-state index is 0.0984. The quantitative estimate of drug-likeness (QED) is 0.339. The van der Waals surface area contributed by atoms with Crippen LogP contribution < -0.4 is 10.1 Å². The molecule has 0 aliphatic carbocycles. The van der Waals surface area contributed by atoms with Crippen molar-refractivity contribution >= 4 is 11.7 Å². The second-order valence-electron chi connectivity index (χ2n) is 7.49. The van der Waals surface area contributed by atoms with Crippen LogP contribution in [0.4, 0.5) is 22.0 Å². The minimum Gasteiger partial charge on any atom is -0.438 e. The zero-order chi connectivity index (χ0) is 25.2. The lowest BCUT2D eigenvalue weighted by atomic mass is 10.0. The van der Waals surface area contributed by atoms with Crippen LogP contribution in [0.15, 0.2) is 48.5 Å². The van der Waals surface area contributed by atoms with E-state index in [1.165, 1.54) is 14.0 Å². The van der Waals surface area contributed by atoms with Gasteiger partial charge in [0.25, 0.3) is 12.3 Å². The van der Waals surface area contributed by atoms with E-state index in [2.05, 4.69) is 10.4 Å². The Labute approximate surface area is 191 Å². The molecule has 0 saturated heterocycles. The van der Waals surface area contributed by atoms with Crippen molar-refractivity contribution in [2.45, 2.75) is 32.5 Å². The Morgan fingerprint density at radius 2 is 1.62 bits per heavy atom. The van der Waals surface area contributed by atoms with Crippen molar-refractivity contribution < 1.29 is 36.3 Å². The summed E-state index contributed by atoms with van der Waals surface area (Å²) in [6.45, 7) is 3.03. The van der Waals surface area contributed by atoms with Crippen LogP contribution in [0.25, 0.3) is 0 Å². The van der Waals surface area contributed by atoms with E-state index in [0.29, 0.717) is 11.1 Å². The van der Waals surface area contributed by atoms with Crippen LogP contribution in [0.2, 0.25) is 0 Å². The number of aryl methyl sites for hydroxylation is 1. The standard InChI is InChI=1S/C23H20F5N3O3/c1-12(14-4-6-15(7-5-14)13(2)32)29-21(33)18-19(20(24)25)30-31(3)22(18)34-17-10-8-16(9-11-17)23(26,27)28/h4-12,20H,1-3H3,(H,29,33)/t12-/m0/s1. The highest BCUT2D eigenvalue weighted by molar-refractivity contribution is 5.98. The van der Waals surface area contributed by atoms with Crippen LogP contribution in [0.5, 0.6) is 11.6 Å². The lowest BCUT2D eigenvalue weighted by molar-refractivity contribution is -0.137. The number of alkyl halides is 5. The Morgan fingerprint density at radius 3 is 2.12 bits per heavy atom. The number of ether oxygens (including phenoxy) is 1. The summed E-state index contributed by atoms with van der Waals surface area (Å²) in [6, 6.07) is 9.34. The summed E-state index contributed by atoms with van der Waals surface area (Å²) in [4.78, 5) is 24.4. The number of aromatic nitrogens is 2. The maximum Gasteiger partial charge on any atom is 0.416 e. The fraction of sp³-hybridized carbons (Fsp3) is 0.261. The number of ketones is 1. The van der Waals surface area contributed by atoms with Gasteiger partial charge < -0.3 is 10.1 Å². The number of hydrogen-bond donors (Lipinski definition) is 1. The number of Topliss-reactive ketones (excluding diaryl/α,β-unsaturated/α-hetero) is 1. The van der Waals surface area contributed by atoms with E-state index in [0.717, 1.165) is 28.9 Å². The highest BCUT2D eigenvalue weighted by atomic mass is 19.4. The van der Waals surface area contributed by atoms with Gasteiger partial charge in [0.1, 0.15) is 17.0 Å². The van der Waals surface area contributed by atoms with Gasteiger partial charge in [-0.05, 0) is 43.7 Å². The Bertz CT molecular complexity index is 1190. The van der Waals surface area contributed by atoms with Crippen molar-refractivity contribution in [1.29, 1.82) is 0 Å². The fourth-order valence-electron chi connectivity index (χ4n) is 3.19. The van der Waals surface area contributed by atoms with Crippen LogP contribution >= 0.6 is 0 Å². The lowest BCUT2D eigenvalue weighted by Crippen LogP contribution is -2.27. The zero-order valence-electron chi connectivity index (χ0n) is 18.3. The van der Waals surface area contributed by atoms with E-state index in [4.69, 9.17) is 4.74 Å². The predicted octanol–water partition coefficient (Wildman–Crippen LogP) is 5.86. The number of halogens is 5. The highest BCUT2D eigenvalue weighted by Gasteiger charge is 2.32. The third-order valence-electron chi connectivity index (χ3n) is 5.02.